The van der Waals surface area contributed by atoms with E-state index in [1.165, 1.54) is 48.8 Å². The summed E-state index contributed by atoms with van der Waals surface area (Å²) in [4.78, 5) is 0. The van der Waals surface area contributed by atoms with Crippen molar-refractivity contribution >= 4 is 0 Å². The highest BCUT2D eigenvalue weighted by atomic mass is 16.5. The summed E-state index contributed by atoms with van der Waals surface area (Å²) >= 11 is 0. The Morgan fingerprint density at radius 1 is 1.11 bits per heavy atom. The van der Waals surface area contributed by atoms with Crippen molar-refractivity contribution in [1.82, 2.24) is 5.32 Å². The molecule has 1 aromatic rings. The van der Waals surface area contributed by atoms with Crippen LogP contribution in [0.2, 0.25) is 0 Å². The third kappa shape index (κ3) is 3.97. The highest BCUT2D eigenvalue weighted by Crippen LogP contribution is 2.28. The van der Waals surface area contributed by atoms with Crippen LogP contribution < -0.4 is 10.1 Å². The lowest BCUT2D eigenvalue weighted by atomic mass is 9.90. The van der Waals surface area contributed by atoms with Crippen LogP contribution in [-0.4, -0.2) is 13.7 Å². The molecular weight excluding hydrogens is 234 g/mol. The molecule has 0 bridgehead atoms. The molecule has 0 unspecified atom stereocenters. The SMILES string of the molecule is CNCc1cc(C)c(OCC2CCCCC2)c(C)c1. The van der Waals surface area contributed by atoms with E-state index in [1.807, 2.05) is 7.05 Å². The second-order valence-electron chi connectivity index (χ2n) is 5.90. The molecule has 19 heavy (non-hydrogen) atoms. The van der Waals surface area contributed by atoms with E-state index < -0.39 is 0 Å². The monoisotopic (exact) mass is 261 g/mol. The Morgan fingerprint density at radius 2 is 1.74 bits per heavy atom. The van der Waals surface area contributed by atoms with Gasteiger partial charge in [-0.1, -0.05) is 31.4 Å². The summed E-state index contributed by atoms with van der Waals surface area (Å²) in [6.45, 7) is 6.13. The van der Waals surface area contributed by atoms with Crippen LogP contribution in [0.15, 0.2) is 12.1 Å². The fourth-order valence-corrected chi connectivity index (χ4v) is 3.13. The van der Waals surface area contributed by atoms with Gasteiger partial charge in [-0.15, -0.1) is 0 Å². The number of benzene rings is 1. The molecule has 1 aliphatic carbocycles. The zero-order valence-corrected chi connectivity index (χ0v) is 12.6. The van der Waals surface area contributed by atoms with Gasteiger partial charge < -0.3 is 10.1 Å². The summed E-state index contributed by atoms with van der Waals surface area (Å²) in [7, 11) is 1.98. The first-order chi connectivity index (χ1) is 9.20. The molecule has 0 radical (unpaired) electrons. The summed E-state index contributed by atoms with van der Waals surface area (Å²) in [6, 6.07) is 4.47. The standard InChI is InChI=1S/C17H27NO/c1-13-9-16(11-18-3)10-14(2)17(13)19-12-15-7-5-4-6-8-15/h9-10,15,18H,4-8,11-12H2,1-3H3. The molecule has 0 aromatic heterocycles. The molecule has 1 N–H and O–H groups in total. The maximum absolute atomic E-state index is 6.12. The fraction of sp³-hybridized carbons (Fsp3) is 0.647. The van der Waals surface area contributed by atoms with Crippen molar-refractivity contribution in [2.75, 3.05) is 13.7 Å². The lowest BCUT2D eigenvalue weighted by molar-refractivity contribution is 0.207. The lowest BCUT2D eigenvalue weighted by Crippen LogP contribution is -2.16. The highest BCUT2D eigenvalue weighted by molar-refractivity contribution is 5.43. The maximum atomic E-state index is 6.12. The smallest absolute Gasteiger partial charge is 0.125 e. The van der Waals surface area contributed by atoms with E-state index in [0.29, 0.717) is 0 Å². The van der Waals surface area contributed by atoms with Crippen LogP contribution in [0.4, 0.5) is 0 Å². The number of hydrogen-bond donors (Lipinski definition) is 1. The second kappa shape index (κ2) is 6.95. The summed E-state index contributed by atoms with van der Waals surface area (Å²) in [5, 5.41) is 3.20. The lowest BCUT2D eigenvalue weighted by Gasteiger charge is -2.23. The van der Waals surface area contributed by atoms with Gasteiger partial charge in [-0.25, -0.2) is 0 Å². The predicted molar refractivity (Wildman–Crippen MR) is 80.7 cm³/mol. The molecule has 1 aliphatic rings. The fourth-order valence-electron chi connectivity index (χ4n) is 3.13. The van der Waals surface area contributed by atoms with Crippen molar-refractivity contribution in [2.24, 2.45) is 5.92 Å². The van der Waals surface area contributed by atoms with E-state index in [1.54, 1.807) is 0 Å². The minimum Gasteiger partial charge on any atom is -0.493 e. The van der Waals surface area contributed by atoms with E-state index in [-0.39, 0.29) is 0 Å². The maximum Gasteiger partial charge on any atom is 0.125 e. The molecule has 0 heterocycles. The predicted octanol–water partition coefficient (Wildman–Crippen LogP) is 3.98. The molecule has 0 amide bonds. The highest BCUT2D eigenvalue weighted by Gasteiger charge is 2.15. The van der Waals surface area contributed by atoms with E-state index in [4.69, 9.17) is 4.74 Å². The molecule has 0 saturated heterocycles. The van der Waals surface area contributed by atoms with Crippen LogP contribution in [0.1, 0.15) is 48.8 Å². The van der Waals surface area contributed by atoms with Crippen LogP contribution in [0.5, 0.6) is 5.75 Å². The van der Waals surface area contributed by atoms with Gasteiger partial charge in [0.2, 0.25) is 0 Å². The van der Waals surface area contributed by atoms with Crippen molar-refractivity contribution in [2.45, 2.75) is 52.5 Å². The van der Waals surface area contributed by atoms with Gasteiger partial charge in [0.15, 0.2) is 0 Å². The minimum absolute atomic E-state index is 0.768. The molecule has 2 rings (SSSR count). The quantitative estimate of drug-likeness (QED) is 0.865. The second-order valence-corrected chi connectivity index (χ2v) is 5.90. The zero-order chi connectivity index (χ0) is 13.7. The van der Waals surface area contributed by atoms with Crippen molar-refractivity contribution in [3.8, 4) is 5.75 Å². The topological polar surface area (TPSA) is 21.3 Å². The summed E-state index contributed by atoms with van der Waals surface area (Å²) < 4.78 is 6.12. The minimum atomic E-state index is 0.768. The Labute approximate surface area is 117 Å². The first-order valence-corrected chi connectivity index (χ1v) is 7.58. The van der Waals surface area contributed by atoms with Gasteiger partial charge in [-0.2, -0.15) is 0 Å². The Hall–Kier alpha value is -1.02. The number of hydrogen-bond acceptors (Lipinski definition) is 2. The normalized spacial score (nSPS) is 16.6. The molecule has 0 aliphatic heterocycles. The molecule has 0 atom stereocenters. The number of nitrogens with one attached hydrogen (secondary N) is 1. The summed E-state index contributed by atoms with van der Waals surface area (Å²) in [6.07, 6.45) is 6.86. The first kappa shape index (κ1) is 14.4. The Bertz CT molecular complexity index is 385. The van der Waals surface area contributed by atoms with Gasteiger partial charge in [0.25, 0.3) is 0 Å². The van der Waals surface area contributed by atoms with Crippen LogP contribution in [0, 0.1) is 19.8 Å². The van der Waals surface area contributed by atoms with Gasteiger partial charge in [-0.05, 0) is 56.3 Å². The van der Waals surface area contributed by atoms with Gasteiger partial charge in [-0.3, -0.25) is 0 Å². The number of ether oxygens (including phenoxy) is 1. The summed E-state index contributed by atoms with van der Waals surface area (Å²) in [5.41, 5.74) is 3.87. The summed E-state index contributed by atoms with van der Waals surface area (Å²) in [5.74, 6) is 1.87. The van der Waals surface area contributed by atoms with Crippen molar-refractivity contribution in [3.05, 3.63) is 28.8 Å². The Kier molecular flexibility index (Phi) is 5.26. The van der Waals surface area contributed by atoms with Gasteiger partial charge in [0.1, 0.15) is 5.75 Å². The molecular formula is C17H27NO. The third-order valence-electron chi connectivity index (χ3n) is 4.09. The molecule has 1 aromatic carbocycles. The molecule has 106 valence electrons. The Morgan fingerprint density at radius 3 is 2.32 bits per heavy atom. The Balaban J connectivity index is 1.99. The van der Waals surface area contributed by atoms with Crippen LogP contribution in [-0.2, 0) is 6.54 Å². The number of rotatable bonds is 5. The van der Waals surface area contributed by atoms with E-state index in [2.05, 4.69) is 31.3 Å². The van der Waals surface area contributed by atoms with Crippen LogP contribution in [0.25, 0.3) is 0 Å². The van der Waals surface area contributed by atoms with E-state index in [0.717, 1.165) is 24.8 Å². The van der Waals surface area contributed by atoms with Gasteiger partial charge in [0, 0.05) is 6.54 Å². The van der Waals surface area contributed by atoms with E-state index in [9.17, 15) is 0 Å². The van der Waals surface area contributed by atoms with Crippen molar-refractivity contribution in [3.63, 3.8) is 0 Å². The molecule has 1 saturated carbocycles. The largest absolute Gasteiger partial charge is 0.493 e. The van der Waals surface area contributed by atoms with Crippen molar-refractivity contribution < 1.29 is 4.74 Å². The molecule has 1 fully saturated rings. The van der Waals surface area contributed by atoms with Crippen LogP contribution in [0.3, 0.4) is 0 Å². The third-order valence-corrected chi connectivity index (χ3v) is 4.09. The van der Waals surface area contributed by atoms with Gasteiger partial charge in [0.05, 0.1) is 6.61 Å². The van der Waals surface area contributed by atoms with Gasteiger partial charge >= 0.3 is 0 Å². The first-order valence-electron chi connectivity index (χ1n) is 7.58. The average molecular weight is 261 g/mol. The van der Waals surface area contributed by atoms with Crippen molar-refractivity contribution in [1.29, 1.82) is 0 Å². The molecule has 2 heteroatoms. The molecule has 0 spiro atoms. The zero-order valence-electron chi connectivity index (χ0n) is 12.6. The molecule has 2 nitrogen and oxygen atoms in total. The number of aryl methyl sites for hydroxylation is 2. The van der Waals surface area contributed by atoms with Crippen LogP contribution >= 0.6 is 0 Å². The van der Waals surface area contributed by atoms with E-state index >= 15 is 0 Å². The average Bonchev–Trinajstić information content (AvgIpc) is 2.39.